The van der Waals surface area contributed by atoms with Gasteiger partial charge in [0.05, 0.1) is 0 Å². The molecule has 0 aliphatic heterocycles. The average Bonchev–Trinajstić information content (AvgIpc) is 2.89. The Morgan fingerprint density at radius 3 is 2.67 bits per heavy atom. The van der Waals surface area contributed by atoms with Gasteiger partial charge in [-0.05, 0) is 36.8 Å². The summed E-state index contributed by atoms with van der Waals surface area (Å²) < 4.78 is 5.52. The molecule has 0 aliphatic carbocycles. The van der Waals surface area contributed by atoms with Gasteiger partial charge in [0.25, 0.3) is 5.91 Å². The SMILES string of the molecule is Cc1ccc(CNC(=O)c2cc3cc(Cl)ccc3o2)cc1. The Kier molecular flexibility index (Phi) is 3.67. The molecule has 3 rings (SSSR count). The Morgan fingerprint density at radius 1 is 1.14 bits per heavy atom. The Hall–Kier alpha value is -2.26. The monoisotopic (exact) mass is 299 g/mol. The number of hydrogen-bond donors (Lipinski definition) is 1. The van der Waals surface area contributed by atoms with E-state index in [1.165, 1.54) is 5.56 Å². The highest BCUT2D eigenvalue weighted by Crippen LogP contribution is 2.23. The number of benzene rings is 2. The van der Waals surface area contributed by atoms with Crippen molar-refractivity contribution in [1.29, 1.82) is 0 Å². The van der Waals surface area contributed by atoms with Crippen LogP contribution in [-0.4, -0.2) is 5.91 Å². The number of nitrogens with one attached hydrogen (secondary N) is 1. The summed E-state index contributed by atoms with van der Waals surface area (Å²) in [7, 11) is 0. The van der Waals surface area contributed by atoms with Gasteiger partial charge in [-0.2, -0.15) is 0 Å². The van der Waals surface area contributed by atoms with Crippen LogP contribution in [0.15, 0.2) is 52.9 Å². The molecule has 0 spiro atoms. The van der Waals surface area contributed by atoms with Gasteiger partial charge in [0, 0.05) is 17.0 Å². The van der Waals surface area contributed by atoms with Crippen LogP contribution in [0.25, 0.3) is 11.0 Å². The first-order valence-corrected chi connectivity index (χ1v) is 7.02. The zero-order valence-corrected chi connectivity index (χ0v) is 12.3. The summed E-state index contributed by atoms with van der Waals surface area (Å²) in [6.07, 6.45) is 0. The van der Waals surface area contributed by atoms with Gasteiger partial charge in [-0.3, -0.25) is 4.79 Å². The van der Waals surface area contributed by atoms with Gasteiger partial charge in [-0.15, -0.1) is 0 Å². The van der Waals surface area contributed by atoms with E-state index in [0.29, 0.717) is 22.9 Å². The fourth-order valence-electron chi connectivity index (χ4n) is 2.10. The molecule has 0 radical (unpaired) electrons. The smallest absolute Gasteiger partial charge is 0.287 e. The fraction of sp³-hybridized carbons (Fsp3) is 0.118. The van der Waals surface area contributed by atoms with E-state index >= 15 is 0 Å². The summed E-state index contributed by atoms with van der Waals surface area (Å²) in [4.78, 5) is 12.1. The molecular weight excluding hydrogens is 286 g/mol. The normalized spacial score (nSPS) is 10.8. The van der Waals surface area contributed by atoms with E-state index < -0.39 is 0 Å². The van der Waals surface area contributed by atoms with Crippen LogP contribution in [0, 0.1) is 6.92 Å². The number of fused-ring (bicyclic) bond motifs is 1. The lowest BCUT2D eigenvalue weighted by Crippen LogP contribution is -2.22. The molecule has 1 N–H and O–H groups in total. The quantitative estimate of drug-likeness (QED) is 0.782. The molecule has 0 fully saturated rings. The van der Waals surface area contributed by atoms with E-state index in [4.69, 9.17) is 16.0 Å². The summed E-state index contributed by atoms with van der Waals surface area (Å²) in [5.74, 6) is 0.0577. The zero-order valence-electron chi connectivity index (χ0n) is 11.5. The molecule has 0 saturated heterocycles. The predicted octanol–water partition coefficient (Wildman–Crippen LogP) is 4.32. The molecule has 0 atom stereocenters. The maximum Gasteiger partial charge on any atom is 0.287 e. The lowest BCUT2D eigenvalue weighted by Gasteiger charge is -2.03. The van der Waals surface area contributed by atoms with Crippen LogP contribution in [0.3, 0.4) is 0 Å². The molecule has 1 aromatic heterocycles. The molecule has 3 aromatic rings. The zero-order chi connectivity index (χ0) is 14.8. The molecule has 0 aliphatic rings. The molecule has 2 aromatic carbocycles. The number of furan rings is 1. The highest BCUT2D eigenvalue weighted by atomic mass is 35.5. The largest absolute Gasteiger partial charge is 0.451 e. The summed E-state index contributed by atoms with van der Waals surface area (Å²) in [6, 6.07) is 15.0. The molecule has 106 valence electrons. The molecule has 21 heavy (non-hydrogen) atoms. The highest BCUT2D eigenvalue weighted by Gasteiger charge is 2.12. The Labute approximate surface area is 127 Å². The van der Waals surface area contributed by atoms with Crippen molar-refractivity contribution in [2.75, 3.05) is 0 Å². The lowest BCUT2D eigenvalue weighted by atomic mass is 10.1. The van der Waals surface area contributed by atoms with Crippen molar-refractivity contribution in [1.82, 2.24) is 5.32 Å². The Morgan fingerprint density at radius 2 is 1.90 bits per heavy atom. The van der Waals surface area contributed by atoms with Gasteiger partial charge in [0.2, 0.25) is 0 Å². The minimum absolute atomic E-state index is 0.233. The van der Waals surface area contributed by atoms with Crippen LogP contribution < -0.4 is 5.32 Å². The minimum Gasteiger partial charge on any atom is -0.451 e. The summed E-state index contributed by atoms with van der Waals surface area (Å²) in [5.41, 5.74) is 2.90. The Balaban J connectivity index is 1.73. The molecule has 1 heterocycles. The maximum absolute atomic E-state index is 12.1. The molecule has 0 saturated carbocycles. The summed E-state index contributed by atoms with van der Waals surface area (Å²) in [6.45, 7) is 2.50. The van der Waals surface area contributed by atoms with E-state index in [2.05, 4.69) is 5.32 Å². The van der Waals surface area contributed by atoms with Crippen LogP contribution in [-0.2, 0) is 6.54 Å². The van der Waals surface area contributed by atoms with Crippen molar-refractivity contribution in [3.8, 4) is 0 Å². The third-order valence-electron chi connectivity index (χ3n) is 3.28. The van der Waals surface area contributed by atoms with Gasteiger partial charge < -0.3 is 9.73 Å². The first kappa shape index (κ1) is 13.7. The number of halogens is 1. The second-order valence-electron chi connectivity index (χ2n) is 4.96. The van der Waals surface area contributed by atoms with E-state index in [0.717, 1.165) is 10.9 Å². The number of hydrogen-bond acceptors (Lipinski definition) is 2. The fourth-order valence-corrected chi connectivity index (χ4v) is 2.28. The third-order valence-corrected chi connectivity index (χ3v) is 3.51. The van der Waals surface area contributed by atoms with Crippen molar-refractivity contribution in [2.24, 2.45) is 0 Å². The average molecular weight is 300 g/mol. The molecule has 0 bridgehead atoms. The van der Waals surface area contributed by atoms with Gasteiger partial charge in [0.15, 0.2) is 5.76 Å². The van der Waals surface area contributed by atoms with Crippen LogP contribution in [0.2, 0.25) is 5.02 Å². The summed E-state index contributed by atoms with van der Waals surface area (Å²) >= 11 is 5.92. The van der Waals surface area contributed by atoms with Gasteiger partial charge in [-0.25, -0.2) is 0 Å². The van der Waals surface area contributed by atoms with E-state index in [1.54, 1.807) is 24.3 Å². The highest BCUT2D eigenvalue weighted by molar-refractivity contribution is 6.31. The topological polar surface area (TPSA) is 42.2 Å². The van der Waals surface area contributed by atoms with E-state index in [-0.39, 0.29) is 5.91 Å². The standard InChI is InChI=1S/C17H14ClNO2/c1-11-2-4-12(5-3-11)10-19-17(20)16-9-13-8-14(18)6-7-15(13)21-16/h2-9H,10H2,1H3,(H,19,20). The third kappa shape index (κ3) is 3.09. The molecule has 1 amide bonds. The first-order chi connectivity index (χ1) is 10.1. The van der Waals surface area contributed by atoms with Crippen molar-refractivity contribution in [3.63, 3.8) is 0 Å². The van der Waals surface area contributed by atoms with E-state index in [9.17, 15) is 4.79 Å². The van der Waals surface area contributed by atoms with Crippen molar-refractivity contribution in [3.05, 3.63) is 70.4 Å². The van der Waals surface area contributed by atoms with Crippen LogP contribution in [0.4, 0.5) is 0 Å². The van der Waals surface area contributed by atoms with Gasteiger partial charge in [0.1, 0.15) is 5.58 Å². The number of amides is 1. The second-order valence-corrected chi connectivity index (χ2v) is 5.40. The van der Waals surface area contributed by atoms with Crippen LogP contribution in [0.5, 0.6) is 0 Å². The molecule has 3 nitrogen and oxygen atoms in total. The van der Waals surface area contributed by atoms with Crippen molar-refractivity contribution < 1.29 is 9.21 Å². The van der Waals surface area contributed by atoms with Crippen LogP contribution in [0.1, 0.15) is 21.7 Å². The number of aryl methyl sites for hydroxylation is 1. The number of rotatable bonds is 3. The van der Waals surface area contributed by atoms with Gasteiger partial charge in [-0.1, -0.05) is 41.4 Å². The predicted molar refractivity (Wildman–Crippen MR) is 83.6 cm³/mol. The molecule has 0 unspecified atom stereocenters. The van der Waals surface area contributed by atoms with Crippen molar-refractivity contribution in [2.45, 2.75) is 13.5 Å². The van der Waals surface area contributed by atoms with E-state index in [1.807, 2.05) is 31.2 Å². The van der Waals surface area contributed by atoms with Crippen molar-refractivity contribution >= 4 is 28.5 Å². The first-order valence-electron chi connectivity index (χ1n) is 6.65. The molecule has 4 heteroatoms. The second kappa shape index (κ2) is 5.62. The maximum atomic E-state index is 12.1. The summed E-state index contributed by atoms with van der Waals surface area (Å²) in [5, 5.41) is 4.29. The molecular formula is C17H14ClNO2. The lowest BCUT2D eigenvalue weighted by molar-refractivity contribution is 0.0925. The number of carbonyl (C=O) groups is 1. The van der Waals surface area contributed by atoms with Gasteiger partial charge >= 0.3 is 0 Å². The number of carbonyl (C=O) groups excluding carboxylic acids is 1. The minimum atomic E-state index is -0.233. The Bertz CT molecular complexity index is 790. The van der Waals surface area contributed by atoms with Crippen LogP contribution >= 0.6 is 11.6 Å².